The van der Waals surface area contributed by atoms with E-state index >= 15 is 0 Å². The second-order valence-electron chi connectivity index (χ2n) is 7.93. The van der Waals surface area contributed by atoms with Crippen molar-refractivity contribution in [2.75, 3.05) is 13.1 Å². The van der Waals surface area contributed by atoms with E-state index < -0.39 is 35.2 Å². The number of hydrogen-bond acceptors (Lipinski definition) is 5. The number of carbonyl (C=O) groups is 3. The van der Waals surface area contributed by atoms with E-state index in [1.54, 1.807) is 12.1 Å². The maximum atomic E-state index is 13.5. The molecule has 9 heteroatoms. The summed E-state index contributed by atoms with van der Waals surface area (Å²) in [7, 11) is 0. The lowest BCUT2D eigenvalue weighted by atomic mass is 9.93. The van der Waals surface area contributed by atoms with E-state index in [1.807, 2.05) is 0 Å². The van der Waals surface area contributed by atoms with Crippen LogP contribution in [0.15, 0.2) is 51.7 Å². The predicted octanol–water partition coefficient (Wildman–Crippen LogP) is 3.86. The van der Waals surface area contributed by atoms with Crippen molar-refractivity contribution in [2.24, 2.45) is 5.92 Å². The minimum Gasteiger partial charge on any atom is -0.481 e. The molecule has 3 aromatic rings. The molecule has 1 N–H and O–H groups in total. The summed E-state index contributed by atoms with van der Waals surface area (Å²) in [6.07, 6.45) is 1.50. The van der Waals surface area contributed by atoms with Gasteiger partial charge in [0, 0.05) is 35.7 Å². The SMILES string of the molecule is O=C[C@H](C(=O)N1CCC[C@@H](C(=O)O)C1)c1ccc2c(-c3ccc(F)cc3Cl)cc(=O)oc2c1. The Labute approximate surface area is 192 Å². The van der Waals surface area contributed by atoms with Crippen molar-refractivity contribution < 1.29 is 28.3 Å². The lowest BCUT2D eigenvalue weighted by Crippen LogP contribution is -2.44. The second-order valence-corrected chi connectivity index (χ2v) is 8.34. The number of carboxylic acid groups (broad SMARTS) is 1. The van der Waals surface area contributed by atoms with Crippen LogP contribution in [0.1, 0.15) is 24.3 Å². The predicted molar refractivity (Wildman–Crippen MR) is 119 cm³/mol. The van der Waals surface area contributed by atoms with Crippen LogP contribution in [0.5, 0.6) is 0 Å². The molecule has 4 rings (SSSR count). The Morgan fingerprint density at radius 2 is 1.97 bits per heavy atom. The van der Waals surface area contributed by atoms with Gasteiger partial charge in [-0.05, 0) is 42.7 Å². The fourth-order valence-electron chi connectivity index (χ4n) is 4.16. The normalized spacial score (nSPS) is 17.0. The van der Waals surface area contributed by atoms with Gasteiger partial charge >= 0.3 is 11.6 Å². The molecule has 1 aliphatic rings. The van der Waals surface area contributed by atoms with Gasteiger partial charge in [0.25, 0.3) is 0 Å². The Kier molecular flexibility index (Phi) is 6.29. The molecule has 7 nitrogen and oxygen atoms in total. The van der Waals surface area contributed by atoms with Gasteiger partial charge < -0.3 is 19.2 Å². The van der Waals surface area contributed by atoms with Gasteiger partial charge in [0.1, 0.15) is 23.6 Å². The molecule has 0 aliphatic carbocycles. The number of carboxylic acids is 1. The second kappa shape index (κ2) is 9.15. The maximum Gasteiger partial charge on any atom is 0.336 e. The van der Waals surface area contributed by atoms with Gasteiger partial charge in [0.2, 0.25) is 5.91 Å². The number of halogens is 2. The first-order valence-electron chi connectivity index (χ1n) is 10.3. The van der Waals surface area contributed by atoms with Crippen LogP contribution < -0.4 is 5.63 Å². The summed E-state index contributed by atoms with van der Waals surface area (Å²) in [5.41, 5.74) is 0.624. The molecule has 0 unspecified atom stereocenters. The summed E-state index contributed by atoms with van der Waals surface area (Å²) in [4.78, 5) is 49.8. The zero-order valence-electron chi connectivity index (χ0n) is 17.3. The van der Waals surface area contributed by atoms with Crippen molar-refractivity contribution in [3.8, 4) is 11.1 Å². The van der Waals surface area contributed by atoms with Gasteiger partial charge in [-0.25, -0.2) is 9.18 Å². The van der Waals surface area contributed by atoms with E-state index in [0.717, 1.165) is 6.07 Å². The minimum atomic E-state index is -1.18. The Balaban J connectivity index is 1.72. The first-order valence-corrected chi connectivity index (χ1v) is 10.7. The standard InChI is InChI=1S/C24H19ClFNO6/c25-20-9-15(26)4-6-16(20)18-10-22(29)33-21-8-13(3-5-17(18)21)19(12-28)23(30)27-7-1-2-14(11-27)24(31)32/h3-6,8-10,12,14,19H,1-2,7,11H2,(H,31,32)/t14-,19+/m1/s1. The first-order chi connectivity index (χ1) is 15.8. The number of hydrogen-bond donors (Lipinski definition) is 1. The van der Waals surface area contributed by atoms with Gasteiger partial charge in [-0.15, -0.1) is 0 Å². The third-order valence-corrected chi connectivity index (χ3v) is 6.15. The van der Waals surface area contributed by atoms with E-state index in [2.05, 4.69) is 0 Å². The number of likely N-dealkylation sites (tertiary alicyclic amines) is 1. The molecule has 1 aliphatic heterocycles. The van der Waals surface area contributed by atoms with E-state index in [1.165, 1.54) is 29.2 Å². The van der Waals surface area contributed by atoms with Crippen LogP contribution in [0.2, 0.25) is 5.02 Å². The number of aliphatic carboxylic acids is 1. The molecular formula is C24H19ClFNO6. The quantitative estimate of drug-likeness (QED) is 0.344. The van der Waals surface area contributed by atoms with Crippen molar-refractivity contribution in [3.05, 3.63) is 69.3 Å². The van der Waals surface area contributed by atoms with Gasteiger partial charge in [-0.2, -0.15) is 0 Å². The van der Waals surface area contributed by atoms with Gasteiger partial charge in [0.15, 0.2) is 0 Å². The van der Waals surface area contributed by atoms with Gasteiger partial charge in [0.05, 0.1) is 10.9 Å². The Hall–Kier alpha value is -3.52. The van der Waals surface area contributed by atoms with E-state index in [0.29, 0.717) is 47.7 Å². The summed E-state index contributed by atoms with van der Waals surface area (Å²) in [6.45, 7) is 0.400. The summed E-state index contributed by atoms with van der Waals surface area (Å²) >= 11 is 6.17. The lowest BCUT2D eigenvalue weighted by molar-refractivity contribution is -0.146. The van der Waals surface area contributed by atoms with Crippen molar-refractivity contribution in [2.45, 2.75) is 18.8 Å². The molecular weight excluding hydrogens is 453 g/mol. The molecule has 0 saturated carbocycles. The Bertz CT molecular complexity index is 1320. The van der Waals surface area contributed by atoms with Crippen molar-refractivity contribution in [1.29, 1.82) is 0 Å². The monoisotopic (exact) mass is 471 g/mol. The van der Waals surface area contributed by atoms with E-state index in [-0.39, 0.29) is 17.2 Å². The number of fused-ring (bicyclic) bond motifs is 1. The molecule has 170 valence electrons. The van der Waals surface area contributed by atoms with Gasteiger partial charge in [-0.3, -0.25) is 9.59 Å². The highest BCUT2D eigenvalue weighted by Gasteiger charge is 2.32. The van der Waals surface area contributed by atoms with Crippen LogP contribution in [0, 0.1) is 11.7 Å². The number of nitrogens with zero attached hydrogens (tertiary/aromatic N) is 1. The molecule has 2 atom stereocenters. The minimum absolute atomic E-state index is 0.0361. The average Bonchev–Trinajstić information content (AvgIpc) is 2.79. The smallest absolute Gasteiger partial charge is 0.336 e. The third kappa shape index (κ3) is 4.52. The van der Waals surface area contributed by atoms with Crippen LogP contribution >= 0.6 is 11.6 Å². The van der Waals surface area contributed by atoms with Crippen LogP contribution in [0.4, 0.5) is 4.39 Å². The lowest BCUT2D eigenvalue weighted by Gasteiger charge is -2.32. The average molecular weight is 472 g/mol. The summed E-state index contributed by atoms with van der Waals surface area (Å²) in [5.74, 6) is -3.85. The number of amides is 1. The fraction of sp³-hybridized carbons (Fsp3) is 0.250. The molecule has 0 radical (unpaired) electrons. The number of piperidine rings is 1. The highest BCUT2D eigenvalue weighted by Crippen LogP contribution is 2.34. The topological polar surface area (TPSA) is 105 Å². The number of benzene rings is 2. The molecule has 1 amide bonds. The number of carbonyl (C=O) groups excluding carboxylic acids is 2. The van der Waals surface area contributed by atoms with Gasteiger partial charge in [-0.1, -0.05) is 23.7 Å². The molecule has 1 saturated heterocycles. The summed E-state index contributed by atoms with van der Waals surface area (Å²) in [6, 6.07) is 9.65. The molecule has 2 heterocycles. The molecule has 1 fully saturated rings. The Morgan fingerprint density at radius 3 is 2.67 bits per heavy atom. The molecule has 0 spiro atoms. The van der Waals surface area contributed by atoms with Crippen LogP contribution in [0.25, 0.3) is 22.1 Å². The fourth-order valence-corrected chi connectivity index (χ4v) is 4.43. The molecule has 33 heavy (non-hydrogen) atoms. The largest absolute Gasteiger partial charge is 0.481 e. The van der Waals surface area contributed by atoms with Crippen LogP contribution in [-0.4, -0.2) is 41.3 Å². The highest BCUT2D eigenvalue weighted by atomic mass is 35.5. The maximum absolute atomic E-state index is 13.5. The molecule has 2 aromatic carbocycles. The van der Waals surface area contributed by atoms with Crippen LogP contribution in [-0.2, 0) is 14.4 Å². The number of rotatable bonds is 5. The molecule has 0 bridgehead atoms. The summed E-state index contributed by atoms with van der Waals surface area (Å²) in [5, 5.41) is 9.88. The Morgan fingerprint density at radius 1 is 1.18 bits per heavy atom. The van der Waals surface area contributed by atoms with Crippen molar-refractivity contribution in [3.63, 3.8) is 0 Å². The zero-order chi connectivity index (χ0) is 23.7. The molecule has 1 aromatic heterocycles. The first kappa shape index (κ1) is 22.7. The summed E-state index contributed by atoms with van der Waals surface area (Å²) < 4.78 is 18.8. The number of aldehydes is 1. The van der Waals surface area contributed by atoms with Crippen molar-refractivity contribution >= 4 is 40.7 Å². The van der Waals surface area contributed by atoms with E-state index in [4.69, 9.17) is 16.0 Å². The van der Waals surface area contributed by atoms with Crippen LogP contribution in [0.3, 0.4) is 0 Å². The van der Waals surface area contributed by atoms with E-state index in [9.17, 15) is 28.7 Å². The highest BCUT2D eigenvalue weighted by molar-refractivity contribution is 6.33. The zero-order valence-corrected chi connectivity index (χ0v) is 18.0. The third-order valence-electron chi connectivity index (χ3n) is 5.83. The van der Waals surface area contributed by atoms with Crippen molar-refractivity contribution in [1.82, 2.24) is 4.90 Å².